The topological polar surface area (TPSA) is 94.3 Å². The zero-order chi connectivity index (χ0) is 24.5. The van der Waals surface area contributed by atoms with Crippen molar-refractivity contribution in [2.75, 3.05) is 5.32 Å². The molecule has 6 nitrogen and oxygen atoms in total. The lowest BCUT2D eigenvalue weighted by atomic mass is 10.0. The summed E-state index contributed by atoms with van der Waals surface area (Å²) in [5, 5.41) is 7.17. The predicted octanol–water partition coefficient (Wildman–Crippen LogP) is 5.54. The third-order valence-corrected chi connectivity index (χ3v) is 5.75. The Kier molecular flexibility index (Phi) is 7.06. The van der Waals surface area contributed by atoms with E-state index in [1.54, 1.807) is 0 Å². The molecule has 2 aromatic carbocycles. The summed E-state index contributed by atoms with van der Waals surface area (Å²) in [6, 6.07) is 8.54. The van der Waals surface area contributed by atoms with E-state index in [0.717, 1.165) is 6.07 Å². The molecule has 0 fully saturated rings. The van der Waals surface area contributed by atoms with Gasteiger partial charge in [0.25, 0.3) is 5.91 Å². The number of nitrogens with zero attached hydrogens (tertiary/aromatic N) is 1. The Morgan fingerprint density at radius 2 is 1.85 bits per heavy atom. The molecule has 0 bridgehead atoms. The SMILES string of the molecule is Cc1nc(F)ccc1Oc1cc(C(F)(F)F)c(Cl)c(C)c1C(=O)Nc1cccc([S@](N)=O)c1. The van der Waals surface area contributed by atoms with Crippen LogP contribution in [0.4, 0.5) is 23.2 Å². The molecule has 33 heavy (non-hydrogen) atoms. The number of hydrogen-bond donors (Lipinski definition) is 2. The highest BCUT2D eigenvalue weighted by Gasteiger charge is 2.37. The molecule has 0 radical (unpaired) electrons. The number of ether oxygens (including phenoxy) is 1. The van der Waals surface area contributed by atoms with Gasteiger partial charge in [0.2, 0.25) is 5.95 Å². The van der Waals surface area contributed by atoms with E-state index in [0.29, 0.717) is 6.07 Å². The van der Waals surface area contributed by atoms with E-state index < -0.39 is 45.4 Å². The Balaban J connectivity index is 2.12. The maximum absolute atomic E-state index is 13.5. The van der Waals surface area contributed by atoms with Crippen molar-refractivity contribution in [2.24, 2.45) is 5.14 Å². The van der Waals surface area contributed by atoms with Crippen LogP contribution in [0.25, 0.3) is 0 Å². The van der Waals surface area contributed by atoms with Crippen molar-refractivity contribution >= 4 is 34.2 Å². The van der Waals surface area contributed by atoms with Crippen molar-refractivity contribution in [2.45, 2.75) is 24.9 Å². The van der Waals surface area contributed by atoms with Crippen LogP contribution in [0.1, 0.15) is 27.2 Å². The van der Waals surface area contributed by atoms with Crippen molar-refractivity contribution in [1.82, 2.24) is 4.98 Å². The molecule has 1 atom stereocenters. The molecule has 3 rings (SSSR count). The Morgan fingerprint density at radius 3 is 2.45 bits per heavy atom. The molecule has 3 aromatic rings. The van der Waals surface area contributed by atoms with E-state index >= 15 is 0 Å². The first-order valence-electron chi connectivity index (χ1n) is 9.17. The van der Waals surface area contributed by atoms with Crippen LogP contribution >= 0.6 is 11.6 Å². The summed E-state index contributed by atoms with van der Waals surface area (Å²) in [6.07, 6.45) is -4.83. The minimum absolute atomic E-state index is 0.0548. The average molecular weight is 502 g/mol. The number of aromatic nitrogens is 1. The number of hydrogen-bond acceptors (Lipinski definition) is 4. The summed E-state index contributed by atoms with van der Waals surface area (Å²) in [5.41, 5.74) is -1.43. The van der Waals surface area contributed by atoms with Gasteiger partial charge in [0.15, 0.2) is 0 Å². The van der Waals surface area contributed by atoms with E-state index in [1.807, 2.05) is 0 Å². The first kappa shape index (κ1) is 24.6. The van der Waals surface area contributed by atoms with Gasteiger partial charge in [-0.3, -0.25) is 4.79 Å². The molecule has 1 aromatic heterocycles. The number of benzene rings is 2. The zero-order valence-electron chi connectivity index (χ0n) is 17.1. The van der Waals surface area contributed by atoms with Crippen molar-refractivity contribution in [3.05, 3.63) is 75.8 Å². The first-order valence-corrected chi connectivity index (χ1v) is 10.8. The second kappa shape index (κ2) is 9.46. The summed E-state index contributed by atoms with van der Waals surface area (Å²) in [7, 11) is -1.81. The number of nitrogens with two attached hydrogens (primary N) is 1. The Hall–Kier alpha value is -3.02. The van der Waals surface area contributed by atoms with Crippen LogP contribution in [-0.4, -0.2) is 15.1 Å². The van der Waals surface area contributed by atoms with E-state index in [-0.39, 0.29) is 33.2 Å². The van der Waals surface area contributed by atoms with Gasteiger partial charge in [0, 0.05) is 5.69 Å². The number of rotatable bonds is 5. The van der Waals surface area contributed by atoms with Gasteiger partial charge in [-0.05, 0) is 55.8 Å². The van der Waals surface area contributed by atoms with Crippen molar-refractivity contribution in [3.8, 4) is 11.5 Å². The molecule has 0 spiro atoms. The maximum Gasteiger partial charge on any atom is 0.417 e. The normalized spacial score (nSPS) is 12.4. The van der Waals surface area contributed by atoms with Gasteiger partial charge in [-0.15, -0.1) is 0 Å². The second-order valence-corrected chi connectivity index (χ2v) is 8.28. The summed E-state index contributed by atoms with van der Waals surface area (Å²) in [6.45, 7) is 2.63. The van der Waals surface area contributed by atoms with E-state index in [1.165, 1.54) is 44.2 Å². The van der Waals surface area contributed by atoms with Crippen molar-refractivity contribution in [3.63, 3.8) is 0 Å². The van der Waals surface area contributed by atoms with Crippen LogP contribution < -0.4 is 15.2 Å². The molecular weight excluding hydrogens is 486 g/mol. The number of alkyl halides is 3. The highest BCUT2D eigenvalue weighted by molar-refractivity contribution is 7.82. The van der Waals surface area contributed by atoms with Crippen LogP contribution in [0.5, 0.6) is 11.5 Å². The van der Waals surface area contributed by atoms with Crippen LogP contribution in [0, 0.1) is 19.8 Å². The first-order chi connectivity index (χ1) is 15.4. The summed E-state index contributed by atoms with van der Waals surface area (Å²) in [5.74, 6) is -2.17. The molecule has 0 aliphatic carbocycles. The fourth-order valence-corrected chi connectivity index (χ4v) is 3.68. The summed E-state index contributed by atoms with van der Waals surface area (Å²) in [4.78, 5) is 16.9. The van der Waals surface area contributed by atoms with Gasteiger partial charge < -0.3 is 10.1 Å². The molecule has 12 heteroatoms. The van der Waals surface area contributed by atoms with Crippen LogP contribution in [0.3, 0.4) is 0 Å². The fraction of sp³-hybridized carbons (Fsp3) is 0.143. The van der Waals surface area contributed by atoms with E-state index in [2.05, 4.69) is 10.3 Å². The Morgan fingerprint density at radius 1 is 1.15 bits per heavy atom. The molecule has 0 aliphatic rings. The van der Waals surface area contributed by atoms with Gasteiger partial charge in [0.05, 0.1) is 26.7 Å². The second-order valence-electron chi connectivity index (χ2n) is 6.83. The fourth-order valence-electron chi connectivity index (χ4n) is 2.97. The minimum Gasteiger partial charge on any atom is -0.455 e. The molecule has 1 heterocycles. The molecule has 0 aliphatic heterocycles. The van der Waals surface area contributed by atoms with Gasteiger partial charge >= 0.3 is 6.18 Å². The number of halogens is 5. The van der Waals surface area contributed by atoms with E-state index in [9.17, 15) is 26.6 Å². The molecule has 0 saturated heterocycles. The van der Waals surface area contributed by atoms with Crippen LogP contribution in [0.2, 0.25) is 5.02 Å². The summed E-state index contributed by atoms with van der Waals surface area (Å²) >= 11 is 5.95. The van der Waals surface area contributed by atoms with E-state index in [4.69, 9.17) is 21.5 Å². The predicted molar refractivity (Wildman–Crippen MR) is 115 cm³/mol. The maximum atomic E-state index is 13.5. The lowest BCUT2D eigenvalue weighted by Crippen LogP contribution is -2.17. The van der Waals surface area contributed by atoms with Crippen molar-refractivity contribution in [1.29, 1.82) is 0 Å². The lowest BCUT2D eigenvalue weighted by molar-refractivity contribution is -0.137. The largest absolute Gasteiger partial charge is 0.455 e. The molecule has 3 N–H and O–H groups in total. The van der Waals surface area contributed by atoms with Crippen LogP contribution in [0.15, 0.2) is 47.4 Å². The third-order valence-electron chi connectivity index (χ3n) is 4.54. The number of carbonyl (C=O) groups is 1. The smallest absolute Gasteiger partial charge is 0.417 e. The standard InChI is InChI=1S/C21H16ClF4N3O3S/c1-10-18(20(30)29-12-4-3-5-13(8-12)33(27)31)16(9-14(19(10)22)21(24,25)26)32-15-6-7-17(23)28-11(15)2/h3-9H,27H2,1-2H3,(H,29,30)/t33-/m1/s1. The Labute approximate surface area is 193 Å². The molecule has 0 saturated carbocycles. The number of amides is 1. The quantitative estimate of drug-likeness (QED) is 0.355. The van der Waals surface area contributed by atoms with Gasteiger partial charge in [-0.1, -0.05) is 17.7 Å². The van der Waals surface area contributed by atoms with Gasteiger partial charge in [-0.25, -0.2) is 14.3 Å². The molecular formula is C21H16ClF4N3O3S. The highest BCUT2D eigenvalue weighted by atomic mass is 35.5. The highest BCUT2D eigenvalue weighted by Crippen LogP contribution is 2.42. The molecule has 174 valence electrons. The monoisotopic (exact) mass is 501 g/mol. The minimum atomic E-state index is -4.83. The van der Waals surface area contributed by atoms with Gasteiger partial charge in [0.1, 0.15) is 22.5 Å². The third kappa shape index (κ3) is 5.49. The van der Waals surface area contributed by atoms with Crippen LogP contribution in [-0.2, 0) is 17.2 Å². The number of pyridine rings is 1. The summed E-state index contributed by atoms with van der Waals surface area (Å²) < 4.78 is 71.0. The van der Waals surface area contributed by atoms with Crippen molar-refractivity contribution < 1.29 is 31.3 Å². The molecule has 1 amide bonds. The lowest BCUT2D eigenvalue weighted by Gasteiger charge is -2.19. The molecule has 0 unspecified atom stereocenters. The number of aryl methyl sites for hydroxylation is 1. The number of carbonyl (C=O) groups excluding carboxylic acids is 1. The average Bonchev–Trinajstić information content (AvgIpc) is 2.71. The number of anilines is 1. The zero-order valence-corrected chi connectivity index (χ0v) is 18.7. The van der Waals surface area contributed by atoms with Gasteiger partial charge in [-0.2, -0.15) is 17.6 Å². The number of nitrogens with one attached hydrogen (secondary N) is 1. The Bertz CT molecular complexity index is 1270.